The van der Waals surface area contributed by atoms with Crippen LogP contribution in [0.2, 0.25) is 0 Å². The number of halogens is 1. The third kappa shape index (κ3) is 4.58. The minimum atomic E-state index is -1.94. The number of benzene rings is 3. The molecule has 25 heavy (non-hydrogen) atoms. The molecule has 0 amide bonds. The molecule has 3 N–H and O–H groups in total. The van der Waals surface area contributed by atoms with Crippen molar-refractivity contribution in [1.82, 2.24) is 6.15 Å². The van der Waals surface area contributed by atoms with Crippen LogP contribution in [0.4, 0.5) is 0 Å². The normalized spacial score (nSPS) is 11.1. The predicted octanol–water partition coefficient (Wildman–Crippen LogP) is 5.25. The summed E-state index contributed by atoms with van der Waals surface area (Å²) >= 11 is 0. The molecule has 0 aromatic heterocycles. The van der Waals surface area contributed by atoms with Crippen molar-refractivity contribution in [3.05, 3.63) is 91.0 Å². The maximum absolute atomic E-state index is 2.34. The Morgan fingerprint density at radius 1 is 0.600 bits per heavy atom. The Morgan fingerprint density at radius 2 is 0.920 bits per heavy atom. The van der Waals surface area contributed by atoms with Gasteiger partial charge < -0.3 is 6.15 Å². The molecule has 1 nitrogen and oxygen atoms in total. The molecule has 0 saturated carbocycles. The smallest absolute Gasteiger partial charge is 0.344 e. The van der Waals surface area contributed by atoms with Crippen LogP contribution in [0.5, 0.6) is 0 Å². The first kappa shape index (κ1) is 21.6. The fraction of sp³-hybridized carbons (Fsp3) is 0.182. The Bertz CT molecular complexity index is 620. The second-order valence-electron chi connectivity index (χ2n) is 6.11. The van der Waals surface area contributed by atoms with E-state index in [1.807, 2.05) is 0 Å². The van der Waals surface area contributed by atoms with Gasteiger partial charge >= 0.3 is 140 Å². The summed E-state index contributed by atoms with van der Waals surface area (Å²) in [5.41, 5.74) is 0. The summed E-state index contributed by atoms with van der Waals surface area (Å²) in [6.45, 7) is 2.29. The van der Waals surface area contributed by atoms with E-state index >= 15 is 0 Å². The van der Waals surface area contributed by atoms with Crippen molar-refractivity contribution in [2.24, 2.45) is 0 Å². The van der Waals surface area contributed by atoms with Crippen molar-refractivity contribution in [1.29, 1.82) is 0 Å². The minimum Gasteiger partial charge on any atom is -0.344 e. The zero-order valence-electron chi connectivity index (χ0n) is 14.9. The fourth-order valence-electron chi connectivity index (χ4n) is 3.54. The fourth-order valence-corrected chi connectivity index (χ4v) is 8.58. The zero-order valence-corrected chi connectivity index (χ0v) is 17.6. The molecule has 0 atom stereocenters. The standard InChI is InChI=1S/C22H25P.BrH.H3N/c1-2-3-19-23(20-13-7-4-8-14-20,21-15-9-5-10-16-21)22-17-11-6-12-18-22;;/h4-18,23H,2-3,19H2,1H3;1H;1H3. The molecule has 0 saturated heterocycles. The van der Waals surface area contributed by atoms with Gasteiger partial charge in [0.25, 0.3) is 0 Å². The van der Waals surface area contributed by atoms with E-state index in [1.54, 1.807) is 0 Å². The molecule has 3 aromatic carbocycles. The van der Waals surface area contributed by atoms with Crippen molar-refractivity contribution in [2.75, 3.05) is 6.16 Å². The van der Waals surface area contributed by atoms with E-state index in [2.05, 4.69) is 97.9 Å². The Balaban J connectivity index is 0.00000156. The second kappa shape index (κ2) is 10.5. The molecule has 0 spiro atoms. The van der Waals surface area contributed by atoms with Gasteiger partial charge in [-0.15, -0.1) is 17.0 Å². The van der Waals surface area contributed by atoms with E-state index in [0.717, 1.165) is 0 Å². The van der Waals surface area contributed by atoms with E-state index in [9.17, 15) is 0 Å². The largest absolute Gasteiger partial charge is 0.344 e. The summed E-state index contributed by atoms with van der Waals surface area (Å²) in [5, 5.41) is 4.56. The molecule has 0 aliphatic heterocycles. The van der Waals surface area contributed by atoms with Crippen LogP contribution in [0.25, 0.3) is 0 Å². The Kier molecular flexibility index (Phi) is 9.06. The Hall–Kier alpha value is -1.47. The predicted molar refractivity (Wildman–Crippen MR) is 122 cm³/mol. The average Bonchev–Trinajstić information content (AvgIpc) is 2.65. The van der Waals surface area contributed by atoms with Gasteiger partial charge in [0.15, 0.2) is 0 Å². The Morgan fingerprint density at radius 3 is 1.20 bits per heavy atom. The SMILES string of the molecule is Br.CCCC[PH](c1ccccc1)(c1ccccc1)c1ccccc1.N. The second-order valence-corrected chi connectivity index (χ2v) is 10.1. The van der Waals surface area contributed by atoms with Gasteiger partial charge in [0.05, 0.1) is 0 Å². The summed E-state index contributed by atoms with van der Waals surface area (Å²) in [6.07, 6.45) is 3.77. The van der Waals surface area contributed by atoms with Crippen LogP contribution in [0.15, 0.2) is 91.0 Å². The minimum absolute atomic E-state index is 0. The van der Waals surface area contributed by atoms with Crippen molar-refractivity contribution in [3.63, 3.8) is 0 Å². The van der Waals surface area contributed by atoms with Crippen molar-refractivity contribution in [2.45, 2.75) is 19.8 Å². The summed E-state index contributed by atoms with van der Waals surface area (Å²) in [4.78, 5) is 0. The van der Waals surface area contributed by atoms with Crippen molar-refractivity contribution < 1.29 is 0 Å². The molecule has 0 unspecified atom stereocenters. The van der Waals surface area contributed by atoms with E-state index in [1.165, 1.54) is 34.9 Å². The molecular weight excluding hydrogens is 389 g/mol. The van der Waals surface area contributed by atoms with Gasteiger partial charge in [-0.05, 0) is 0 Å². The number of hydrogen-bond acceptors (Lipinski definition) is 1. The molecule has 0 fully saturated rings. The van der Waals surface area contributed by atoms with E-state index in [4.69, 9.17) is 0 Å². The van der Waals surface area contributed by atoms with Crippen molar-refractivity contribution >= 4 is 40.2 Å². The van der Waals surface area contributed by atoms with Gasteiger partial charge in [0, 0.05) is 0 Å². The third-order valence-electron chi connectivity index (χ3n) is 4.71. The van der Waals surface area contributed by atoms with Crippen LogP contribution < -0.4 is 22.1 Å². The zero-order chi connectivity index (χ0) is 16.0. The van der Waals surface area contributed by atoms with Crippen LogP contribution >= 0.6 is 24.2 Å². The van der Waals surface area contributed by atoms with Gasteiger partial charge in [0.1, 0.15) is 0 Å². The molecule has 0 aliphatic carbocycles. The monoisotopic (exact) mass is 417 g/mol. The van der Waals surface area contributed by atoms with Crippen molar-refractivity contribution in [3.8, 4) is 0 Å². The van der Waals surface area contributed by atoms with Crippen LogP contribution in [-0.4, -0.2) is 6.16 Å². The molecular formula is C22H29BrNP. The van der Waals surface area contributed by atoms with Crippen LogP contribution in [0.1, 0.15) is 19.8 Å². The first-order valence-corrected chi connectivity index (χ1v) is 10.7. The summed E-state index contributed by atoms with van der Waals surface area (Å²) in [7, 11) is -1.94. The molecule has 0 aliphatic rings. The maximum Gasteiger partial charge on any atom is -0.344 e. The van der Waals surface area contributed by atoms with Gasteiger partial charge in [-0.3, -0.25) is 0 Å². The summed E-state index contributed by atoms with van der Waals surface area (Å²) < 4.78 is 0. The molecule has 3 heteroatoms. The molecule has 3 rings (SSSR count). The number of unbranched alkanes of at least 4 members (excludes halogenated alkanes) is 1. The van der Waals surface area contributed by atoms with E-state index in [0.29, 0.717) is 0 Å². The first-order valence-electron chi connectivity index (χ1n) is 8.54. The van der Waals surface area contributed by atoms with Gasteiger partial charge in [-0.25, -0.2) is 0 Å². The average molecular weight is 418 g/mol. The number of hydrogen-bond donors (Lipinski definition) is 1. The van der Waals surface area contributed by atoms with Gasteiger partial charge in [-0.1, -0.05) is 0 Å². The summed E-state index contributed by atoms with van der Waals surface area (Å²) in [5.74, 6) is 0. The van der Waals surface area contributed by atoms with Gasteiger partial charge in [0.2, 0.25) is 0 Å². The molecule has 3 aromatic rings. The Labute approximate surface area is 163 Å². The molecule has 134 valence electrons. The quantitative estimate of drug-likeness (QED) is 0.545. The first-order chi connectivity index (χ1) is 11.4. The molecule has 0 radical (unpaired) electrons. The van der Waals surface area contributed by atoms with Crippen LogP contribution in [-0.2, 0) is 0 Å². The topological polar surface area (TPSA) is 35.0 Å². The van der Waals surface area contributed by atoms with E-state index < -0.39 is 7.26 Å². The third-order valence-corrected chi connectivity index (χ3v) is 9.77. The molecule has 0 heterocycles. The summed E-state index contributed by atoms with van der Waals surface area (Å²) in [6, 6.07) is 33.5. The van der Waals surface area contributed by atoms with E-state index in [-0.39, 0.29) is 23.1 Å². The van der Waals surface area contributed by atoms with Crippen LogP contribution in [0.3, 0.4) is 0 Å². The molecule has 0 bridgehead atoms. The van der Waals surface area contributed by atoms with Gasteiger partial charge in [-0.2, -0.15) is 0 Å². The maximum atomic E-state index is 2.34. The number of rotatable bonds is 6. The van der Waals surface area contributed by atoms with Crippen LogP contribution in [0, 0.1) is 0 Å².